The van der Waals surface area contributed by atoms with Crippen molar-refractivity contribution in [2.45, 2.75) is 25.4 Å². The first-order chi connectivity index (χ1) is 13.9. The van der Waals surface area contributed by atoms with Crippen LogP contribution in [-0.2, 0) is 24.5 Å². The number of hydrogen-bond donors (Lipinski definition) is 2. The van der Waals surface area contributed by atoms with E-state index >= 15 is 0 Å². The first-order valence-electron chi connectivity index (χ1n) is 9.04. The van der Waals surface area contributed by atoms with Gasteiger partial charge in [0, 0.05) is 6.07 Å². The Morgan fingerprint density at radius 1 is 1.00 bits per heavy atom. The summed E-state index contributed by atoms with van der Waals surface area (Å²) in [5.41, 5.74) is -2.07. The largest absolute Gasteiger partial charge is 0.508 e. The maximum Gasteiger partial charge on any atom is 0.349 e. The van der Waals surface area contributed by atoms with Gasteiger partial charge in [-0.2, -0.15) is 0 Å². The van der Waals surface area contributed by atoms with Crippen LogP contribution in [0.25, 0.3) is 0 Å². The molecule has 0 saturated heterocycles. The Balaban J connectivity index is 2.31. The SMILES string of the molecule is CCOC(=O)C1Oc2cc(O)ccc2C(=O)C1(C(=O)OCC)c1ccc(O)cc1. The lowest BCUT2D eigenvalue weighted by atomic mass is 9.68. The molecule has 0 saturated carbocycles. The molecule has 3 rings (SSSR count). The molecule has 2 aromatic carbocycles. The Bertz CT molecular complexity index is 950. The number of phenolic OH excluding ortho intramolecular Hbond substituents is 2. The second-order valence-corrected chi connectivity index (χ2v) is 6.33. The summed E-state index contributed by atoms with van der Waals surface area (Å²) in [6.45, 7) is 3.11. The molecule has 152 valence electrons. The van der Waals surface area contributed by atoms with Gasteiger partial charge in [-0.3, -0.25) is 9.59 Å². The van der Waals surface area contributed by atoms with E-state index in [1.165, 1.54) is 42.5 Å². The summed E-state index contributed by atoms with van der Waals surface area (Å²) in [7, 11) is 0. The number of fused-ring (bicyclic) bond motifs is 1. The van der Waals surface area contributed by atoms with Crippen molar-refractivity contribution < 1.29 is 38.8 Å². The molecule has 29 heavy (non-hydrogen) atoms. The summed E-state index contributed by atoms with van der Waals surface area (Å²) in [5.74, 6) is -2.96. The lowest BCUT2D eigenvalue weighted by Crippen LogP contribution is -2.61. The van der Waals surface area contributed by atoms with E-state index < -0.39 is 29.2 Å². The highest BCUT2D eigenvalue weighted by Gasteiger charge is 2.63. The highest BCUT2D eigenvalue weighted by Crippen LogP contribution is 2.44. The van der Waals surface area contributed by atoms with Gasteiger partial charge >= 0.3 is 11.9 Å². The number of ether oxygens (including phenoxy) is 3. The Hall–Kier alpha value is -3.55. The lowest BCUT2D eigenvalue weighted by molar-refractivity contribution is -0.165. The third-order valence-electron chi connectivity index (χ3n) is 4.63. The second kappa shape index (κ2) is 7.83. The zero-order chi connectivity index (χ0) is 21.2. The van der Waals surface area contributed by atoms with Crippen molar-refractivity contribution in [3.63, 3.8) is 0 Å². The van der Waals surface area contributed by atoms with E-state index in [1.54, 1.807) is 13.8 Å². The minimum absolute atomic E-state index is 0.00414. The van der Waals surface area contributed by atoms with Crippen LogP contribution < -0.4 is 4.74 Å². The van der Waals surface area contributed by atoms with E-state index in [1.807, 2.05) is 0 Å². The number of esters is 2. The van der Waals surface area contributed by atoms with E-state index in [2.05, 4.69) is 0 Å². The molecule has 2 atom stereocenters. The van der Waals surface area contributed by atoms with Crippen molar-refractivity contribution in [2.24, 2.45) is 0 Å². The molecule has 2 N–H and O–H groups in total. The Kier molecular flexibility index (Phi) is 5.45. The number of carbonyl (C=O) groups is 3. The van der Waals surface area contributed by atoms with Gasteiger partial charge in [0.15, 0.2) is 5.78 Å². The third kappa shape index (κ3) is 3.26. The normalized spacial score (nSPS) is 20.3. The first-order valence-corrected chi connectivity index (χ1v) is 9.04. The highest BCUT2D eigenvalue weighted by molar-refractivity contribution is 6.22. The van der Waals surface area contributed by atoms with Crippen LogP contribution in [0.1, 0.15) is 29.8 Å². The summed E-state index contributed by atoms with van der Waals surface area (Å²) in [6, 6.07) is 9.05. The number of hydrogen-bond acceptors (Lipinski definition) is 8. The number of Topliss-reactive ketones (excluding diaryl/α,β-unsaturated/α-hetero) is 1. The molecule has 0 bridgehead atoms. The van der Waals surface area contributed by atoms with E-state index in [0.29, 0.717) is 0 Å². The van der Waals surface area contributed by atoms with Crippen LogP contribution in [0.15, 0.2) is 42.5 Å². The van der Waals surface area contributed by atoms with Gasteiger partial charge in [0.25, 0.3) is 0 Å². The quantitative estimate of drug-likeness (QED) is 0.579. The fourth-order valence-corrected chi connectivity index (χ4v) is 3.36. The molecular formula is C21H20O8. The molecule has 0 radical (unpaired) electrons. The van der Waals surface area contributed by atoms with Crippen LogP contribution in [0.4, 0.5) is 0 Å². The van der Waals surface area contributed by atoms with Crippen LogP contribution in [0.5, 0.6) is 17.2 Å². The first kappa shape index (κ1) is 20.2. The topological polar surface area (TPSA) is 119 Å². The average molecular weight is 400 g/mol. The minimum Gasteiger partial charge on any atom is -0.508 e. The van der Waals surface area contributed by atoms with Crippen molar-refractivity contribution in [1.82, 2.24) is 0 Å². The molecule has 0 amide bonds. The van der Waals surface area contributed by atoms with Crippen LogP contribution >= 0.6 is 0 Å². The second-order valence-electron chi connectivity index (χ2n) is 6.33. The summed E-state index contributed by atoms with van der Waals surface area (Å²) >= 11 is 0. The summed E-state index contributed by atoms with van der Waals surface area (Å²) < 4.78 is 16.0. The molecule has 1 aliphatic rings. The molecule has 0 aromatic heterocycles. The summed E-state index contributed by atoms with van der Waals surface area (Å²) in [4.78, 5) is 39.6. The number of benzene rings is 2. The molecule has 1 aliphatic heterocycles. The van der Waals surface area contributed by atoms with E-state index in [4.69, 9.17) is 14.2 Å². The fraction of sp³-hybridized carbons (Fsp3) is 0.286. The Labute approximate surface area is 166 Å². The van der Waals surface area contributed by atoms with Crippen LogP contribution in [0.3, 0.4) is 0 Å². The van der Waals surface area contributed by atoms with Gasteiger partial charge in [0.1, 0.15) is 17.2 Å². The van der Waals surface area contributed by atoms with Gasteiger partial charge in [-0.05, 0) is 43.7 Å². The van der Waals surface area contributed by atoms with Crippen LogP contribution in [-0.4, -0.2) is 47.3 Å². The van der Waals surface area contributed by atoms with Crippen LogP contribution in [0.2, 0.25) is 0 Å². The van der Waals surface area contributed by atoms with Gasteiger partial charge in [-0.25, -0.2) is 4.79 Å². The van der Waals surface area contributed by atoms with E-state index in [-0.39, 0.29) is 41.6 Å². The number of ketones is 1. The number of phenols is 2. The third-order valence-corrected chi connectivity index (χ3v) is 4.63. The highest BCUT2D eigenvalue weighted by atomic mass is 16.6. The Morgan fingerprint density at radius 2 is 1.62 bits per heavy atom. The molecular weight excluding hydrogens is 380 g/mol. The Morgan fingerprint density at radius 3 is 2.24 bits per heavy atom. The molecule has 1 heterocycles. The van der Waals surface area contributed by atoms with Gasteiger partial charge in [0.05, 0.1) is 18.8 Å². The maximum atomic E-state index is 13.6. The molecule has 8 heteroatoms. The van der Waals surface area contributed by atoms with Crippen molar-refractivity contribution >= 4 is 17.7 Å². The number of rotatable bonds is 5. The van der Waals surface area contributed by atoms with Gasteiger partial charge < -0.3 is 24.4 Å². The van der Waals surface area contributed by atoms with Crippen molar-refractivity contribution in [3.8, 4) is 17.2 Å². The van der Waals surface area contributed by atoms with Gasteiger partial charge in [0.2, 0.25) is 11.5 Å². The molecule has 0 spiro atoms. The number of aromatic hydroxyl groups is 2. The minimum atomic E-state index is -2.18. The molecule has 0 aliphatic carbocycles. The number of carbonyl (C=O) groups excluding carboxylic acids is 3. The predicted molar refractivity (Wildman–Crippen MR) is 99.9 cm³/mol. The fourth-order valence-electron chi connectivity index (χ4n) is 3.36. The van der Waals surface area contributed by atoms with Crippen LogP contribution in [0, 0.1) is 0 Å². The van der Waals surface area contributed by atoms with E-state index in [9.17, 15) is 24.6 Å². The van der Waals surface area contributed by atoms with E-state index in [0.717, 1.165) is 0 Å². The standard InChI is InChI=1S/C21H20O8/c1-3-27-19(25)18-21(20(26)28-4-2,12-5-7-13(22)8-6-12)17(24)15-10-9-14(23)11-16(15)29-18/h5-11,18,22-23H,3-4H2,1-2H3. The smallest absolute Gasteiger partial charge is 0.349 e. The average Bonchev–Trinajstić information content (AvgIpc) is 2.69. The maximum absolute atomic E-state index is 13.6. The monoisotopic (exact) mass is 400 g/mol. The predicted octanol–water partition coefficient (Wildman–Crippen LogP) is 2.11. The zero-order valence-corrected chi connectivity index (χ0v) is 15.9. The summed E-state index contributed by atoms with van der Waals surface area (Å²) in [6.07, 6.45) is -1.69. The molecule has 8 nitrogen and oxygen atoms in total. The molecule has 0 fully saturated rings. The van der Waals surface area contributed by atoms with Gasteiger partial charge in [-0.15, -0.1) is 0 Å². The van der Waals surface area contributed by atoms with Crippen molar-refractivity contribution in [2.75, 3.05) is 13.2 Å². The lowest BCUT2D eigenvalue weighted by Gasteiger charge is -2.39. The molecule has 2 aromatic rings. The summed E-state index contributed by atoms with van der Waals surface area (Å²) in [5, 5.41) is 19.4. The van der Waals surface area contributed by atoms with Crippen molar-refractivity contribution in [3.05, 3.63) is 53.6 Å². The zero-order valence-electron chi connectivity index (χ0n) is 15.9. The van der Waals surface area contributed by atoms with Gasteiger partial charge in [-0.1, -0.05) is 12.1 Å². The van der Waals surface area contributed by atoms with Crippen molar-refractivity contribution in [1.29, 1.82) is 0 Å². The molecule has 2 unspecified atom stereocenters.